The van der Waals surface area contributed by atoms with E-state index in [2.05, 4.69) is 51.5 Å². The highest BCUT2D eigenvalue weighted by molar-refractivity contribution is 4.95. The van der Waals surface area contributed by atoms with E-state index in [0.29, 0.717) is 6.04 Å². The summed E-state index contributed by atoms with van der Waals surface area (Å²) >= 11 is 0. The van der Waals surface area contributed by atoms with E-state index < -0.39 is 0 Å². The van der Waals surface area contributed by atoms with Crippen LogP contribution in [0.4, 0.5) is 0 Å². The highest BCUT2D eigenvalue weighted by atomic mass is 15.2. The first-order chi connectivity index (χ1) is 8.10. The van der Waals surface area contributed by atoms with Gasteiger partial charge in [-0.2, -0.15) is 0 Å². The van der Waals surface area contributed by atoms with Gasteiger partial charge in [-0.1, -0.05) is 26.8 Å². The number of nitrogens with one attached hydrogen (secondary N) is 1. The molecule has 17 heavy (non-hydrogen) atoms. The zero-order chi connectivity index (χ0) is 13.3. The SMILES string of the molecule is C=CCCCC(NC)C(C)(CC)N(CC)CC. The van der Waals surface area contributed by atoms with Crippen LogP contribution < -0.4 is 5.32 Å². The van der Waals surface area contributed by atoms with E-state index in [0.717, 1.165) is 19.5 Å². The average Bonchev–Trinajstić information content (AvgIpc) is 2.35. The van der Waals surface area contributed by atoms with Crippen molar-refractivity contribution in [2.24, 2.45) is 0 Å². The molecule has 0 fully saturated rings. The van der Waals surface area contributed by atoms with Gasteiger partial charge < -0.3 is 5.32 Å². The Balaban J connectivity index is 4.68. The molecule has 0 heterocycles. The summed E-state index contributed by atoms with van der Waals surface area (Å²) < 4.78 is 0. The highest BCUT2D eigenvalue weighted by Gasteiger charge is 2.35. The number of likely N-dealkylation sites (N-methyl/N-ethyl adjacent to an activating group) is 2. The summed E-state index contributed by atoms with van der Waals surface area (Å²) in [7, 11) is 2.09. The summed E-state index contributed by atoms with van der Waals surface area (Å²) in [5, 5.41) is 3.53. The largest absolute Gasteiger partial charge is 0.315 e. The van der Waals surface area contributed by atoms with Gasteiger partial charge in [-0.05, 0) is 52.7 Å². The molecule has 0 aromatic heterocycles. The third kappa shape index (κ3) is 4.44. The average molecular weight is 240 g/mol. The fourth-order valence-electron chi connectivity index (χ4n) is 2.87. The second-order valence-corrected chi connectivity index (χ2v) is 4.94. The summed E-state index contributed by atoms with van der Waals surface area (Å²) in [4.78, 5) is 2.59. The van der Waals surface area contributed by atoms with Gasteiger partial charge in [0.25, 0.3) is 0 Å². The van der Waals surface area contributed by atoms with Crippen molar-refractivity contribution in [2.75, 3.05) is 20.1 Å². The van der Waals surface area contributed by atoms with Gasteiger partial charge in [-0.3, -0.25) is 4.90 Å². The number of nitrogens with zero attached hydrogens (tertiary/aromatic N) is 1. The molecule has 2 heteroatoms. The molecular weight excluding hydrogens is 208 g/mol. The molecule has 0 aliphatic rings. The molecule has 0 aromatic rings. The lowest BCUT2D eigenvalue weighted by Crippen LogP contribution is -2.58. The molecule has 0 aromatic carbocycles. The van der Waals surface area contributed by atoms with Gasteiger partial charge in [0.2, 0.25) is 0 Å². The first-order valence-electron chi connectivity index (χ1n) is 7.13. The van der Waals surface area contributed by atoms with Crippen LogP contribution in [-0.4, -0.2) is 36.6 Å². The molecular formula is C15H32N2. The van der Waals surface area contributed by atoms with Gasteiger partial charge in [0, 0.05) is 11.6 Å². The third-order valence-corrected chi connectivity index (χ3v) is 4.20. The second kappa shape index (κ2) is 8.71. The van der Waals surface area contributed by atoms with Gasteiger partial charge in [0.1, 0.15) is 0 Å². The van der Waals surface area contributed by atoms with Crippen molar-refractivity contribution in [1.29, 1.82) is 0 Å². The molecule has 0 amide bonds. The lowest BCUT2D eigenvalue weighted by atomic mass is 9.84. The van der Waals surface area contributed by atoms with E-state index in [1.54, 1.807) is 0 Å². The lowest BCUT2D eigenvalue weighted by molar-refractivity contribution is 0.0690. The standard InChI is InChI=1S/C15H32N2/c1-7-11-12-13-14(16-6)15(5,8-2)17(9-3)10-4/h7,14,16H,1,8-13H2,2-6H3. The zero-order valence-corrected chi connectivity index (χ0v) is 12.6. The Morgan fingerprint density at radius 1 is 1.29 bits per heavy atom. The van der Waals surface area contributed by atoms with Crippen molar-refractivity contribution in [3.8, 4) is 0 Å². The van der Waals surface area contributed by atoms with Crippen LogP contribution in [-0.2, 0) is 0 Å². The van der Waals surface area contributed by atoms with E-state index in [1.165, 1.54) is 19.3 Å². The van der Waals surface area contributed by atoms with E-state index in [1.807, 2.05) is 6.08 Å². The summed E-state index contributed by atoms with van der Waals surface area (Å²) in [6.07, 6.45) is 6.78. The van der Waals surface area contributed by atoms with Crippen LogP contribution in [0.1, 0.15) is 53.4 Å². The molecule has 0 spiro atoms. The molecule has 2 nitrogen and oxygen atoms in total. The molecule has 0 aliphatic carbocycles. The maximum Gasteiger partial charge on any atom is 0.0331 e. The van der Waals surface area contributed by atoms with Crippen LogP contribution in [0.2, 0.25) is 0 Å². The van der Waals surface area contributed by atoms with Crippen molar-refractivity contribution >= 4 is 0 Å². The molecule has 0 bridgehead atoms. The molecule has 0 radical (unpaired) electrons. The third-order valence-electron chi connectivity index (χ3n) is 4.20. The summed E-state index contributed by atoms with van der Waals surface area (Å²) in [5.74, 6) is 0. The Labute approximate surface area is 108 Å². The molecule has 0 aliphatic heterocycles. The molecule has 0 saturated carbocycles. The first kappa shape index (κ1) is 16.7. The zero-order valence-electron chi connectivity index (χ0n) is 12.6. The van der Waals surface area contributed by atoms with Crippen molar-refractivity contribution in [1.82, 2.24) is 10.2 Å². The Morgan fingerprint density at radius 2 is 1.88 bits per heavy atom. The van der Waals surface area contributed by atoms with Gasteiger partial charge >= 0.3 is 0 Å². The van der Waals surface area contributed by atoms with E-state index in [9.17, 15) is 0 Å². The Bertz CT molecular complexity index is 199. The highest BCUT2D eigenvalue weighted by Crippen LogP contribution is 2.26. The van der Waals surface area contributed by atoms with Crippen molar-refractivity contribution in [3.63, 3.8) is 0 Å². The van der Waals surface area contributed by atoms with E-state index in [4.69, 9.17) is 0 Å². The fourth-order valence-corrected chi connectivity index (χ4v) is 2.87. The normalized spacial score (nSPS) is 16.8. The Kier molecular flexibility index (Phi) is 8.53. The van der Waals surface area contributed by atoms with Gasteiger partial charge in [0.15, 0.2) is 0 Å². The fraction of sp³-hybridized carbons (Fsp3) is 0.867. The van der Waals surface area contributed by atoms with Crippen molar-refractivity contribution < 1.29 is 0 Å². The molecule has 1 N–H and O–H groups in total. The van der Waals surface area contributed by atoms with E-state index >= 15 is 0 Å². The first-order valence-corrected chi connectivity index (χ1v) is 7.13. The van der Waals surface area contributed by atoms with Crippen LogP contribution in [0.25, 0.3) is 0 Å². The Morgan fingerprint density at radius 3 is 2.24 bits per heavy atom. The maximum absolute atomic E-state index is 3.80. The van der Waals surface area contributed by atoms with Crippen LogP contribution in [0.3, 0.4) is 0 Å². The van der Waals surface area contributed by atoms with Crippen LogP contribution in [0, 0.1) is 0 Å². The lowest BCUT2D eigenvalue weighted by Gasteiger charge is -2.46. The van der Waals surface area contributed by atoms with Gasteiger partial charge in [-0.15, -0.1) is 6.58 Å². The van der Waals surface area contributed by atoms with Gasteiger partial charge in [0.05, 0.1) is 0 Å². The van der Waals surface area contributed by atoms with Crippen molar-refractivity contribution in [3.05, 3.63) is 12.7 Å². The minimum atomic E-state index is 0.263. The number of hydrogen-bond donors (Lipinski definition) is 1. The summed E-state index contributed by atoms with van der Waals surface area (Å²) in [5.41, 5.74) is 0.263. The topological polar surface area (TPSA) is 15.3 Å². The molecule has 0 rings (SSSR count). The summed E-state index contributed by atoms with van der Waals surface area (Å²) in [6.45, 7) is 15.3. The quantitative estimate of drug-likeness (QED) is 0.465. The number of hydrogen-bond acceptors (Lipinski definition) is 2. The molecule has 0 saturated heterocycles. The van der Waals surface area contributed by atoms with Crippen LogP contribution >= 0.6 is 0 Å². The van der Waals surface area contributed by atoms with Crippen molar-refractivity contribution in [2.45, 2.75) is 65.0 Å². The minimum Gasteiger partial charge on any atom is -0.315 e. The smallest absolute Gasteiger partial charge is 0.0331 e. The van der Waals surface area contributed by atoms with E-state index in [-0.39, 0.29) is 5.54 Å². The van der Waals surface area contributed by atoms with Crippen LogP contribution in [0.5, 0.6) is 0 Å². The molecule has 2 unspecified atom stereocenters. The molecule has 2 atom stereocenters. The predicted octanol–water partition coefficient (Wildman–Crippen LogP) is 3.44. The Hall–Kier alpha value is -0.340. The molecule has 102 valence electrons. The summed E-state index contributed by atoms with van der Waals surface area (Å²) in [6, 6.07) is 0.562. The maximum atomic E-state index is 3.80. The number of unbranched alkanes of at least 4 members (excludes halogenated alkanes) is 1. The minimum absolute atomic E-state index is 0.263. The monoisotopic (exact) mass is 240 g/mol. The predicted molar refractivity (Wildman–Crippen MR) is 78.5 cm³/mol. The second-order valence-electron chi connectivity index (χ2n) is 4.94. The number of rotatable bonds is 10. The van der Waals surface area contributed by atoms with Gasteiger partial charge in [-0.25, -0.2) is 0 Å². The number of allylic oxidation sites excluding steroid dienone is 1. The van der Waals surface area contributed by atoms with Crippen LogP contribution in [0.15, 0.2) is 12.7 Å².